The summed E-state index contributed by atoms with van der Waals surface area (Å²) < 4.78 is 37.4. The lowest BCUT2D eigenvalue weighted by atomic mass is 10.1. The summed E-state index contributed by atoms with van der Waals surface area (Å²) in [6.45, 7) is 0. The van der Waals surface area contributed by atoms with Crippen LogP contribution in [0.15, 0.2) is 94.4 Å². The largest absolute Gasteiger partial charge is 0.502 e. The number of hydrogen-bond donors (Lipinski definition) is 1. The van der Waals surface area contributed by atoms with E-state index < -0.39 is 27.5 Å². The molecule has 32 heavy (non-hydrogen) atoms. The van der Waals surface area contributed by atoms with E-state index >= 15 is 0 Å². The molecule has 0 bridgehead atoms. The van der Waals surface area contributed by atoms with E-state index in [-0.39, 0.29) is 9.80 Å². The van der Waals surface area contributed by atoms with Gasteiger partial charge in [0.2, 0.25) is 9.84 Å². The summed E-state index contributed by atoms with van der Waals surface area (Å²) in [6, 6.07) is 20.0. The molecule has 0 fully saturated rings. The first-order chi connectivity index (χ1) is 15.4. The number of aliphatic hydroxyl groups is 1. The molecule has 1 atom stereocenters. The lowest BCUT2D eigenvalue weighted by Crippen LogP contribution is -2.31. The molecule has 4 rings (SSSR count). The molecular formula is C24H21NO6S. The zero-order valence-corrected chi connectivity index (χ0v) is 18.2. The Labute approximate surface area is 186 Å². The Morgan fingerprint density at radius 1 is 0.812 bits per heavy atom. The molecule has 164 valence electrons. The Kier molecular flexibility index (Phi) is 5.63. The molecular weight excluding hydrogens is 430 g/mol. The van der Waals surface area contributed by atoms with Crippen LogP contribution >= 0.6 is 0 Å². The second-order valence-electron chi connectivity index (χ2n) is 7.08. The Hall–Kier alpha value is -3.78. The summed E-state index contributed by atoms with van der Waals surface area (Å²) >= 11 is 0. The van der Waals surface area contributed by atoms with Crippen LogP contribution in [0.5, 0.6) is 11.5 Å². The van der Waals surface area contributed by atoms with E-state index in [0.717, 1.165) is 0 Å². The van der Waals surface area contributed by atoms with E-state index in [2.05, 4.69) is 0 Å². The van der Waals surface area contributed by atoms with E-state index in [1.54, 1.807) is 66.7 Å². The Balaban J connectivity index is 1.91. The molecule has 3 aromatic rings. The van der Waals surface area contributed by atoms with Crippen LogP contribution in [-0.4, -0.2) is 33.7 Å². The van der Waals surface area contributed by atoms with Crippen molar-refractivity contribution in [3.63, 3.8) is 0 Å². The third-order valence-electron chi connectivity index (χ3n) is 5.29. The summed E-state index contributed by atoms with van der Waals surface area (Å²) in [5.41, 5.74) is 0.926. The van der Waals surface area contributed by atoms with Gasteiger partial charge in [0.1, 0.15) is 22.4 Å². The van der Waals surface area contributed by atoms with Crippen molar-refractivity contribution in [2.45, 2.75) is 10.9 Å². The molecule has 0 saturated heterocycles. The molecule has 7 nitrogen and oxygen atoms in total. The first kappa shape index (κ1) is 21.5. The smallest absolute Gasteiger partial charge is 0.295 e. The van der Waals surface area contributed by atoms with Crippen molar-refractivity contribution in [2.24, 2.45) is 0 Å². The second-order valence-corrected chi connectivity index (χ2v) is 9.00. The fourth-order valence-electron chi connectivity index (χ4n) is 3.68. The maximum absolute atomic E-state index is 13.5. The zero-order chi connectivity index (χ0) is 22.9. The number of amides is 1. The Bertz CT molecular complexity index is 1270. The number of anilines is 1. The molecule has 8 heteroatoms. The van der Waals surface area contributed by atoms with Crippen LogP contribution in [0.1, 0.15) is 11.6 Å². The number of nitrogens with zero attached hydrogens (tertiary/aromatic N) is 1. The van der Waals surface area contributed by atoms with Crippen LogP contribution in [0, 0.1) is 0 Å². The SMILES string of the molecule is COc1ccc([C@H]2C(S(=O)(=O)c3ccccc3)=C(O)C(=O)N2c2ccc(OC)cc2)cc1. The van der Waals surface area contributed by atoms with Crippen molar-refractivity contribution < 1.29 is 27.8 Å². The predicted octanol–water partition coefficient (Wildman–Crippen LogP) is 4.04. The number of methoxy groups -OCH3 is 2. The highest BCUT2D eigenvalue weighted by molar-refractivity contribution is 7.95. The number of rotatable bonds is 6. The van der Waals surface area contributed by atoms with Gasteiger partial charge in [0.15, 0.2) is 5.76 Å². The molecule has 0 radical (unpaired) electrons. The van der Waals surface area contributed by atoms with Gasteiger partial charge in [0.05, 0.1) is 19.1 Å². The van der Waals surface area contributed by atoms with E-state index in [4.69, 9.17) is 9.47 Å². The first-order valence-electron chi connectivity index (χ1n) is 9.73. The zero-order valence-electron chi connectivity index (χ0n) is 17.4. The summed E-state index contributed by atoms with van der Waals surface area (Å²) in [6.07, 6.45) is 0. The summed E-state index contributed by atoms with van der Waals surface area (Å²) in [5, 5.41) is 10.8. The number of aliphatic hydroxyl groups excluding tert-OH is 1. The number of benzene rings is 3. The van der Waals surface area contributed by atoms with Crippen LogP contribution in [-0.2, 0) is 14.6 Å². The van der Waals surface area contributed by atoms with Gasteiger partial charge in [-0.1, -0.05) is 30.3 Å². The second kappa shape index (κ2) is 8.39. The van der Waals surface area contributed by atoms with Crippen molar-refractivity contribution in [3.8, 4) is 11.5 Å². The van der Waals surface area contributed by atoms with Crippen molar-refractivity contribution in [1.29, 1.82) is 0 Å². The lowest BCUT2D eigenvalue weighted by Gasteiger charge is -2.27. The average Bonchev–Trinajstić information content (AvgIpc) is 3.10. The summed E-state index contributed by atoms with van der Waals surface area (Å²) in [7, 11) is -1.13. The minimum Gasteiger partial charge on any atom is -0.502 e. The van der Waals surface area contributed by atoms with E-state index in [1.165, 1.54) is 31.3 Å². The van der Waals surface area contributed by atoms with Crippen LogP contribution in [0.25, 0.3) is 0 Å². The standard InChI is InChI=1S/C24H21NO6S/c1-30-18-12-8-16(9-13-18)21-23(32(28,29)20-6-4-3-5-7-20)22(26)24(27)25(21)17-10-14-19(31-2)15-11-17/h3-15,21,26H,1-2H3/t21-/m0/s1. The van der Waals surface area contributed by atoms with Gasteiger partial charge >= 0.3 is 0 Å². The van der Waals surface area contributed by atoms with Gasteiger partial charge < -0.3 is 14.6 Å². The van der Waals surface area contributed by atoms with Gasteiger partial charge in [-0.2, -0.15) is 0 Å². The van der Waals surface area contributed by atoms with Gasteiger partial charge in [-0.05, 0) is 54.1 Å². The van der Waals surface area contributed by atoms with Gasteiger partial charge in [0.25, 0.3) is 5.91 Å². The van der Waals surface area contributed by atoms with Gasteiger partial charge in [-0.3, -0.25) is 9.69 Å². The van der Waals surface area contributed by atoms with Crippen LogP contribution in [0.3, 0.4) is 0 Å². The molecule has 1 heterocycles. The molecule has 0 aromatic heterocycles. The minimum atomic E-state index is -4.18. The fourth-order valence-corrected chi connectivity index (χ4v) is 5.33. The highest BCUT2D eigenvalue weighted by Crippen LogP contribution is 2.45. The van der Waals surface area contributed by atoms with Crippen LogP contribution < -0.4 is 14.4 Å². The Morgan fingerprint density at radius 2 is 1.34 bits per heavy atom. The number of carbonyl (C=O) groups is 1. The molecule has 0 saturated carbocycles. The molecule has 1 aliphatic heterocycles. The number of ether oxygens (including phenoxy) is 2. The predicted molar refractivity (Wildman–Crippen MR) is 119 cm³/mol. The topological polar surface area (TPSA) is 93.1 Å². The first-order valence-corrected chi connectivity index (χ1v) is 11.2. The number of hydrogen-bond acceptors (Lipinski definition) is 6. The minimum absolute atomic E-state index is 0.00978. The third-order valence-corrected chi connectivity index (χ3v) is 7.17. The molecule has 1 N–H and O–H groups in total. The molecule has 1 aliphatic rings. The van der Waals surface area contributed by atoms with Gasteiger partial charge in [0, 0.05) is 5.69 Å². The summed E-state index contributed by atoms with van der Waals surface area (Å²) in [5.74, 6) is -0.443. The normalized spacial score (nSPS) is 16.4. The lowest BCUT2D eigenvalue weighted by molar-refractivity contribution is -0.117. The highest BCUT2D eigenvalue weighted by atomic mass is 32.2. The summed E-state index contributed by atoms with van der Waals surface area (Å²) in [4.78, 5) is 14.0. The molecule has 3 aromatic carbocycles. The average molecular weight is 452 g/mol. The third kappa shape index (κ3) is 3.58. The van der Waals surface area contributed by atoms with E-state index in [0.29, 0.717) is 22.7 Å². The van der Waals surface area contributed by atoms with Crippen LogP contribution in [0.4, 0.5) is 5.69 Å². The van der Waals surface area contributed by atoms with Crippen molar-refractivity contribution >= 4 is 21.4 Å². The van der Waals surface area contributed by atoms with Gasteiger partial charge in [-0.25, -0.2) is 8.42 Å². The highest BCUT2D eigenvalue weighted by Gasteiger charge is 2.47. The number of sulfone groups is 1. The maximum Gasteiger partial charge on any atom is 0.295 e. The van der Waals surface area contributed by atoms with Crippen molar-refractivity contribution in [3.05, 3.63) is 95.1 Å². The Morgan fingerprint density at radius 3 is 1.88 bits per heavy atom. The quantitative estimate of drug-likeness (QED) is 0.608. The monoisotopic (exact) mass is 451 g/mol. The molecule has 0 spiro atoms. The number of carbonyl (C=O) groups excluding carboxylic acids is 1. The molecule has 0 unspecified atom stereocenters. The van der Waals surface area contributed by atoms with Crippen LogP contribution in [0.2, 0.25) is 0 Å². The van der Waals surface area contributed by atoms with Gasteiger partial charge in [-0.15, -0.1) is 0 Å². The maximum atomic E-state index is 13.5. The molecule has 1 amide bonds. The molecule has 0 aliphatic carbocycles. The van der Waals surface area contributed by atoms with E-state index in [1.807, 2.05) is 0 Å². The fraction of sp³-hybridized carbons (Fsp3) is 0.125. The van der Waals surface area contributed by atoms with Crippen molar-refractivity contribution in [2.75, 3.05) is 19.1 Å². The van der Waals surface area contributed by atoms with E-state index in [9.17, 15) is 18.3 Å². The van der Waals surface area contributed by atoms with Crippen molar-refractivity contribution in [1.82, 2.24) is 0 Å².